The highest BCUT2D eigenvalue weighted by Crippen LogP contribution is 2.42. The van der Waals surface area contributed by atoms with Crippen molar-refractivity contribution < 1.29 is 30.4 Å². The van der Waals surface area contributed by atoms with Gasteiger partial charge in [0.25, 0.3) is 0 Å². The van der Waals surface area contributed by atoms with Crippen LogP contribution in [0, 0.1) is 11.3 Å². The first kappa shape index (κ1) is 25.0. The minimum atomic E-state index is -4.78. The first-order valence-electron chi connectivity index (χ1n) is 10.7. The van der Waals surface area contributed by atoms with Gasteiger partial charge in [-0.1, -0.05) is 12.1 Å². The van der Waals surface area contributed by atoms with Gasteiger partial charge in [0.05, 0.1) is 23.5 Å². The van der Waals surface area contributed by atoms with Crippen LogP contribution >= 0.6 is 0 Å². The van der Waals surface area contributed by atoms with E-state index >= 15 is 0 Å². The van der Waals surface area contributed by atoms with E-state index in [-0.39, 0.29) is 17.4 Å². The average Bonchev–Trinajstić information content (AvgIpc) is 3.04. The van der Waals surface area contributed by atoms with E-state index < -0.39 is 40.0 Å². The molecule has 186 valence electrons. The minimum absolute atomic E-state index is 0.00267. The fourth-order valence-corrected chi connectivity index (χ4v) is 5.08. The third-order valence-electron chi connectivity index (χ3n) is 5.98. The molecule has 1 aliphatic rings. The molecule has 1 aromatic carbocycles. The lowest BCUT2D eigenvalue weighted by molar-refractivity contribution is -0.147. The molecule has 1 fully saturated rings. The number of hydrogen-bond donors (Lipinski definition) is 1. The Balaban J connectivity index is 1.80. The Morgan fingerprint density at radius 2 is 1.89 bits per heavy atom. The molecular weight excluding hydrogens is 493 g/mol. The summed E-state index contributed by atoms with van der Waals surface area (Å²) in [6, 6.07) is 4.47. The number of hydrogen-bond acceptors (Lipinski definition) is 5. The Morgan fingerprint density at radius 1 is 1.23 bits per heavy atom. The second-order valence-electron chi connectivity index (χ2n) is 8.36. The Labute approximate surface area is 197 Å². The average molecular weight is 513 g/mol. The lowest BCUT2D eigenvalue weighted by atomic mass is 9.92. The molecule has 0 bridgehead atoms. The first-order valence-corrected chi connectivity index (χ1v) is 12.2. The van der Waals surface area contributed by atoms with Gasteiger partial charge < -0.3 is 4.57 Å². The normalized spacial score (nSPS) is 15.8. The molecule has 1 aliphatic carbocycles. The van der Waals surface area contributed by atoms with Gasteiger partial charge in [-0.2, -0.15) is 23.2 Å². The number of nitriles is 1. The topological polar surface area (TPSA) is 101 Å². The quantitative estimate of drug-likeness (QED) is 0.461. The summed E-state index contributed by atoms with van der Waals surface area (Å²) in [6.45, 7) is 0.672. The van der Waals surface area contributed by atoms with Crippen LogP contribution in [0.15, 0.2) is 35.5 Å². The first-order chi connectivity index (χ1) is 16.4. The lowest BCUT2D eigenvalue weighted by Gasteiger charge is -2.29. The van der Waals surface area contributed by atoms with E-state index in [1.54, 1.807) is 12.1 Å². The fourth-order valence-electron chi connectivity index (χ4n) is 3.96. The minimum Gasteiger partial charge on any atom is -0.334 e. The molecule has 7 nitrogen and oxygen atoms in total. The standard InChI is InChI=1S/C22H20F5N5O2S/c1-12(22(25,26)27)31-35(33,34)15-10-29-21(30-11-15)20-17(9-28)16-6-5-13(8-19(23)24)7-18(16)32(20)14-3-2-4-14/h5-7,10-12,14,19,31H,2-4,8H2,1H3. The number of nitrogens with zero attached hydrogens (tertiary/aromatic N) is 4. The van der Waals surface area contributed by atoms with Gasteiger partial charge in [-0.25, -0.2) is 27.2 Å². The van der Waals surface area contributed by atoms with Gasteiger partial charge in [0, 0.05) is 17.8 Å². The van der Waals surface area contributed by atoms with Crippen LogP contribution in [0.4, 0.5) is 22.0 Å². The fraction of sp³-hybridized carbons (Fsp3) is 0.409. The Hall–Kier alpha value is -3.11. The molecule has 3 aromatic rings. The SMILES string of the molecule is CC(NS(=O)(=O)c1cnc(-c2c(C#N)c3ccc(CC(F)F)cc3n2C2CCC2)nc1)C(F)(F)F. The monoisotopic (exact) mass is 513 g/mol. The number of fused-ring (bicyclic) bond motifs is 1. The molecule has 35 heavy (non-hydrogen) atoms. The van der Waals surface area contributed by atoms with E-state index in [9.17, 15) is 35.6 Å². The molecule has 0 saturated heterocycles. The van der Waals surface area contributed by atoms with Crippen molar-refractivity contribution in [1.82, 2.24) is 19.3 Å². The zero-order chi connectivity index (χ0) is 25.5. The van der Waals surface area contributed by atoms with Crippen molar-refractivity contribution in [1.29, 1.82) is 5.26 Å². The van der Waals surface area contributed by atoms with E-state index in [1.807, 2.05) is 4.57 Å². The van der Waals surface area contributed by atoms with Crippen LogP contribution in [-0.4, -0.2) is 41.6 Å². The van der Waals surface area contributed by atoms with Crippen LogP contribution in [0.1, 0.15) is 43.4 Å². The molecular formula is C22H20F5N5O2S. The van der Waals surface area contributed by atoms with Crippen molar-refractivity contribution >= 4 is 20.9 Å². The highest BCUT2D eigenvalue weighted by molar-refractivity contribution is 7.89. The molecule has 1 N–H and O–H groups in total. The van der Waals surface area contributed by atoms with Crippen molar-refractivity contribution in [3.05, 3.63) is 41.7 Å². The van der Waals surface area contributed by atoms with Crippen LogP contribution < -0.4 is 4.72 Å². The zero-order valence-corrected chi connectivity index (χ0v) is 19.2. The van der Waals surface area contributed by atoms with Crippen LogP contribution in [-0.2, 0) is 16.4 Å². The van der Waals surface area contributed by atoms with Gasteiger partial charge in [0.1, 0.15) is 22.7 Å². The lowest BCUT2D eigenvalue weighted by Crippen LogP contribution is -2.43. The van der Waals surface area contributed by atoms with Gasteiger partial charge in [-0.05, 0) is 37.8 Å². The van der Waals surface area contributed by atoms with E-state index in [0.717, 1.165) is 31.7 Å². The highest BCUT2D eigenvalue weighted by atomic mass is 32.2. The molecule has 4 rings (SSSR count). The summed E-state index contributed by atoms with van der Waals surface area (Å²) in [6.07, 6.45) is -3.51. The zero-order valence-electron chi connectivity index (χ0n) is 18.4. The summed E-state index contributed by atoms with van der Waals surface area (Å²) in [4.78, 5) is 7.55. The van der Waals surface area contributed by atoms with Crippen LogP contribution in [0.2, 0.25) is 0 Å². The van der Waals surface area contributed by atoms with Crippen LogP contribution in [0.3, 0.4) is 0 Å². The smallest absolute Gasteiger partial charge is 0.334 e. The summed E-state index contributed by atoms with van der Waals surface area (Å²) >= 11 is 0. The third-order valence-corrected chi connectivity index (χ3v) is 7.48. The van der Waals surface area contributed by atoms with Gasteiger partial charge in [-0.15, -0.1) is 0 Å². The second kappa shape index (κ2) is 9.16. The van der Waals surface area contributed by atoms with Crippen molar-refractivity contribution in [2.24, 2.45) is 0 Å². The molecule has 1 saturated carbocycles. The second-order valence-corrected chi connectivity index (χ2v) is 10.1. The Kier molecular flexibility index (Phi) is 6.54. The molecule has 1 unspecified atom stereocenters. The van der Waals surface area contributed by atoms with E-state index in [0.29, 0.717) is 29.1 Å². The molecule has 2 heterocycles. The Bertz CT molecular complexity index is 1390. The summed E-state index contributed by atoms with van der Waals surface area (Å²) in [7, 11) is -4.56. The number of halogens is 5. The van der Waals surface area contributed by atoms with Gasteiger partial charge in [0.15, 0.2) is 5.82 Å². The molecule has 0 radical (unpaired) electrons. The van der Waals surface area contributed by atoms with Gasteiger partial charge in [-0.3, -0.25) is 0 Å². The molecule has 1 atom stereocenters. The van der Waals surface area contributed by atoms with Crippen molar-refractivity contribution in [3.63, 3.8) is 0 Å². The number of alkyl halides is 5. The summed E-state index contributed by atoms with van der Waals surface area (Å²) in [5.41, 5.74) is 1.48. The van der Waals surface area contributed by atoms with Crippen molar-refractivity contribution in [2.75, 3.05) is 0 Å². The van der Waals surface area contributed by atoms with Gasteiger partial charge in [0.2, 0.25) is 16.4 Å². The van der Waals surface area contributed by atoms with E-state index in [1.165, 1.54) is 10.8 Å². The maximum atomic E-state index is 13.0. The predicted octanol–water partition coefficient (Wildman–Crippen LogP) is 4.73. The number of aromatic nitrogens is 3. The number of nitrogens with one attached hydrogen (secondary N) is 1. The van der Waals surface area contributed by atoms with Crippen LogP contribution in [0.5, 0.6) is 0 Å². The Morgan fingerprint density at radius 3 is 2.40 bits per heavy atom. The maximum Gasteiger partial charge on any atom is 0.404 e. The van der Waals surface area contributed by atoms with Crippen molar-refractivity contribution in [2.45, 2.75) is 62.2 Å². The maximum absolute atomic E-state index is 13.0. The summed E-state index contributed by atoms with van der Waals surface area (Å²) in [5, 5.41) is 10.4. The molecule has 13 heteroatoms. The molecule has 0 amide bonds. The predicted molar refractivity (Wildman–Crippen MR) is 116 cm³/mol. The number of rotatable bonds is 7. The molecule has 0 spiro atoms. The third kappa shape index (κ3) is 4.85. The van der Waals surface area contributed by atoms with E-state index in [2.05, 4.69) is 16.0 Å². The van der Waals surface area contributed by atoms with E-state index in [4.69, 9.17) is 0 Å². The molecule has 0 aliphatic heterocycles. The number of benzene rings is 1. The summed E-state index contributed by atoms with van der Waals surface area (Å²) in [5.74, 6) is 0.00267. The number of sulfonamides is 1. The van der Waals surface area contributed by atoms with Crippen molar-refractivity contribution in [3.8, 4) is 17.6 Å². The van der Waals surface area contributed by atoms with Crippen LogP contribution in [0.25, 0.3) is 22.4 Å². The molecule has 2 aromatic heterocycles. The van der Waals surface area contributed by atoms with Gasteiger partial charge >= 0.3 is 6.18 Å². The highest BCUT2D eigenvalue weighted by Gasteiger charge is 2.39. The largest absolute Gasteiger partial charge is 0.404 e. The summed E-state index contributed by atoms with van der Waals surface area (Å²) < 4.78 is 92.3.